The first-order valence-corrected chi connectivity index (χ1v) is 5.32. The molecule has 0 fully saturated rings. The van der Waals surface area contributed by atoms with Gasteiger partial charge in [0.2, 0.25) is 5.91 Å². The molecule has 1 aromatic rings. The molecule has 0 aromatic carbocycles. The Balaban J connectivity index is 2.30. The third-order valence-corrected chi connectivity index (χ3v) is 2.85. The molecular weight excluding hydrogens is 192 g/mol. The quantitative estimate of drug-likeness (QED) is 0.705. The van der Waals surface area contributed by atoms with Gasteiger partial charge in [-0.15, -0.1) is 0 Å². The first kappa shape index (κ1) is 10.2. The second kappa shape index (κ2) is 3.68. The Morgan fingerprint density at radius 2 is 2.27 bits per heavy atom. The molecule has 0 atom stereocenters. The number of carbonyl (C=O) groups is 1. The Morgan fingerprint density at radius 3 is 2.87 bits per heavy atom. The molecule has 2 heterocycles. The molecule has 2 rings (SSSR count). The molecular formula is C11H16N2O2. The van der Waals surface area contributed by atoms with E-state index in [2.05, 4.69) is 19.0 Å². The van der Waals surface area contributed by atoms with Gasteiger partial charge in [-0.25, -0.2) is 0 Å². The number of amides is 1. The summed E-state index contributed by atoms with van der Waals surface area (Å²) < 4.78 is 5.29. The van der Waals surface area contributed by atoms with Crippen LogP contribution in [0.4, 0.5) is 0 Å². The van der Waals surface area contributed by atoms with Gasteiger partial charge in [-0.3, -0.25) is 4.79 Å². The fourth-order valence-corrected chi connectivity index (χ4v) is 1.95. The first-order valence-electron chi connectivity index (χ1n) is 5.32. The molecule has 1 aliphatic rings. The maximum Gasteiger partial charge on any atom is 0.219 e. The zero-order chi connectivity index (χ0) is 11.0. The molecule has 1 aromatic heterocycles. The lowest BCUT2D eigenvalue weighted by Gasteiger charge is -2.25. The average molecular weight is 208 g/mol. The number of nitrogens with zero attached hydrogens (tertiary/aromatic N) is 2. The summed E-state index contributed by atoms with van der Waals surface area (Å²) in [6, 6.07) is 0. The molecule has 0 saturated carbocycles. The summed E-state index contributed by atoms with van der Waals surface area (Å²) in [7, 11) is 0. The maximum absolute atomic E-state index is 11.3. The highest BCUT2D eigenvalue weighted by Gasteiger charge is 2.26. The van der Waals surface area contributed by atoms with Gasteiger partial charge in [-0.2, -0.15) is 0 Å². The van der Waals surface area contributed by atoms with Gasteiger partial charge in [0, 0.05) is 25.5 Å². The van der Waals surface area contributed by atoms with Gasteiger partial charge in [-0.05, 0) is 5.92 Å². The van der Waals surface area contributed by atoms with Crippen LogP contribution in [-0.2, 0) is 17.8 Å². The second-order valence-electron chi connectivity index (χ2n) is 4.31. The molecule has 82 valence electrons. The monoisotopic (exact) mass is 208 g/mol. The minimum atomic E-state index is 0.122. The van der Waals surface area contributed by atoms with Gasteiger partial charge in [0.15, 0.2) is 0 Å². The van der Waals surface area contributed by atoms with Crippen LogP contribution in [0.1, 0.15) is 43.7 Å². The molecule has 0 radical (unpaired) electrons. The SMILES string of the molecule is CC(=O)N1CCc2onc(C(C)C)c2C1. The highest BCUT2D eigenvalue weighted by molar-refractivity contribution is 5.73. The highest BCUT2D eigenvalue weighted by atomic mass is 16.5. The zero-order valence-electron chi connectivity index (χ0n) is 9.41. The molecule has 0 spiro atoms. The Hall–Kier alpha value is -1.32. The van der Waals surface area contributed by atoms with Crippen LogP contribution in [0.15, 0.2) is 4.52 Å². The van der Waals surface area contributed by atoms with Crippen LogP contribution in [-0.4, -0.2) is 22.5 Å². The maximum atomic E-state index is 11.3. The van der Waals surface area contributed by atoms with Crippen LogP contribution in [0.5, 0.6) is 0 Å². The van der Waals surface area contributed by atoms with Crippen molar-refractivity contribution in [1.29, 1.82) is 0 Å². The second-order valence-corrected chi connectivity index (χ2v) is 4.31. The summed E-state index contributed by atoms with van der Waals surface area (Å²) >= 11 is 0. The topological polar surface area (TPSA) is 46.3 Å². The number of fused-ring (bicyclic) bond motifs is 1. The van der Waals surface area contributed by atoms with Crippen LogP contribution < -0.4 is 0 Å². The lowest BCUT2D eigenvalue weighted by molar-refractivity contribution is -0.129. The molecule has 0 bridgehead atoms. The van der Waals surface area contributed by atoms with Crippen molar-refractivity contribution >= 4 is 5.91 Å². The van der Waals surface area contributed by atoms with Crippen molar-refractivity contribution in [3.05, 3.63) is 17.0 Å². The van der Waals surface area contributed by atoms with Crippen molar-refractivity contribution in [3.8, 4) is 0 Å². The average Bonchev–Trinajstić information content (AvgIpc) is 2.59. The molecule has 1 aliphatic heterocycles. The number of hydrogen-bond donors (Lipinski definition) is 0. The fourth-order valence-electron chi connectivity index (χ4n) is 1.95. The number of hydrogen-bond acceptors (Lipinski definition) is 3. The zero-order valence-corrected chi connectivity index (χ0v) is 9.41. The van der Waals surface area contributed by atoms with Crippen LogP contribution in [0.2, 0.25) is 0 Å². The third-order valence-electron chi connectivity index (χ3n) is 2.85. The van der Waals surface area contributed by atoms with Crippen molar-refractivity contribution in [2.45, 2.75) is 39.7 Å². The van der Waals surface area contributed by atoms with Gasteiger partial charge in [0.05, 0.1) is 12.2 Å². The van der Waals surface area contributed by atoms with Gasteiger partial charge in [0.1, 0.15) is 5.76 Å². The normalized spacial score (nSPS) is 15.6. The van der Waals surface area contributed by atoms with E-state index in [1.807, 2.05) is 4.90 Å². The van der Waals surface area contributed by atoms with E-state index in [0.717, 1.165) is 30.0 Å². The van der Waals surface area contributed by atoms with E-state index in [1.165, 1.54) is 0 Å². The van der Waals surface area contributed by atoms with Crippen LogP contribution in [0.25, 0.3) is 0 Å². The minimum absolute atomic E-state index is 0.122. The highest BCUT2D eigenvalue weighted by Crippen LogP contribution is 2.26. The van der Waals surface area contributed by atoms with E-state index in [-0.39, 0.29) is 5.91 Å². The smallest absolute Gasteiger partial charge is 0.219 e. The number of rotatable bonds is 1. The standard InChI is InChI=1S/C11H16N2O2/c1-7(2)11-9-6-13(8(3)14)5-4-10(9)15-12-11/h7H,4-6H2,1-3H3. The van der Waals surface area contributed by atoms with E-state index in [4.69, 9.17) is 4.52 Å². The molecule has 0 saturated heterocycles. The van der Waals surface area contributed by atoms with E-state index in [9.17, 15) is 4.79 Å². The van der Waals surface area contributed by atoms with Gasteiger partial charge in [0.25, 0.3) is 0 Å². The van der Waals surface area contributed by atoms with Crippen molar-refractivity contribution < 1.29 is 9.32 Å². The predicted molar refractivity (Wildman–Crippen MR) is 55.4 cm³/mol. The van der Waals surface area contributed by atoms with E-state index < -0.39 is 0 Å². The van der Waals surface area contributed by atoms with Crippen molar-refractivity contribution in [1.82, 2.24) is 10.1 Å². The molecule has 4 heteroatoms. The minimum Gasteiger partial charge on any atom is -0.361 e. The summed E-state index contributed by atoms with van der Waals surface area (Å²) in [6.07, 6.45) is 0.786. The summed E-state index contributed by atoms with van der Waals surface area (Å²) in [4.78, 5) is 13.1. The summed E-state index contributed by atoms with van der Waals surface area (Å²) in [5.74, 6) is 1.43. The summed E-state index contributed by atoms with van der Waals surface area (Å²) in [6.45, 7) is 7.18. The molecule has 4 nitrogen and oxygen atoms in total. The molecule has 1 amide bonds. The predicted octanol–water partition coefficient (Wildman–Crippen LogP) is 1.70. The van der Waals surface area contributed by atoms with Crippen LogP contribution in [0.3, 0.4) is 0 Å². The Bertz CT molecular complexity index is 382. The van der Waals surface area contributed by atoms with Crippen molar-refractivity contribution in [2.75, 3.05) is 6.54 Å². The third kappa shape index (κ3) is 1.76. The Kier molecular flexibility index (Phi) is 2.50. The Morgan fingerprint density at radius 1 is 1.53 bits per heavy atom. The molecule has 0 unspecified atom stereocenters. The van der Waals surface area contributed by atoms with E-state index >= 15 is 0 Å². The summed E-state index contributed by atoms with van der Waals surface area (Å²) in [5, 5.41) is 4.08. The van der Waals surface area contributed by atoms with Gasteiger partial charge < -0.3 is 9.42 Å². The fraction of sp³-hybridized carbons (Fsp3) is 0.636. The number of aromatic nitrogens is 1. The first-order chi connectivity index (χ1) is 7.09. The molecule has 0 N–H and O–H groups in total. The van der Waals surface area contributed by atoms with Crippen molar-refractivity contribution in [2.24, 2.45) is 0 Å². The number of carbonyl (C=O) groups excluding carboxylic acids is 1. The summed E-state index contributed by atoms with van der Waals surface area (Å²) in [5.41, 5.74) is 2.11. The van der Waals surface area contributed by atoms with Crippen LogP contribution >= 0.6 is 0 Å². The largest absolute Gasteiger partial charge is 0.361 e. The molecule has 15 heavy (non-hydrogen) atoms. The Labute approximate surface area is 89.2 Å². The van der Waals surface area contributed by atoms with Gasteiger partial charge in [-0.1, -0.05) is 19.0 Å². The van der Waals surface area contributed by atoms with E-state index in [0.29, 0.717) is 12.5 Å². The lowest BCUT2D eigenvalue weighted by Crippen LogP contribution is -2.34. The van der Waals surface area contributed by atoms with Crippen molar-refractivity contribution in [3.63, 3.8) is 0 Å². The molecule has 0 aliphatic carbocycles. The van der Waals surface area contributed by atoms with Gasteiger partial charge >= 0.3 is 0 Å². The lowest BCUT2D eigenvalue weighted by atomic mass is 10.00. The van der Waals surface area contributed by atoms with Crippen LogP contribution in [0, 0.1) is 0 Å². The van der Waals surface area contributed by atoms with E-state index in [1.54, 1.807) is 6.92 Å².